The van der Waals surface area contributed by atoms with Crippen LogP contribution in [0.1, 0.15) is 24.6 Å². The molecule has 0 amide bonds. The highest BCUT2D eigenvalue weighted by molar-refractivity contribution is 5.80. The van der Waals surface area contributed by atoms with Crippen molar-refractivity contribution in [2.24, 2.45) is 0 Å². The Morgan fingerprint density at radius 1 is 1.09 bits per heavy atom. The number of nitrogens with zero attached hydrogens (tertiary/aromatic N) is 6. The Morgan fingerprint density at radius 3 is 2.62 bits per heavy atom. The average molecular weight is 458 g/mol. The summed E-state index contributed by atoms with van der Waals surface area (Å²) in [6, 6.07) is 12.7. The van der Waals surface area contributed by atoms with Gasteiger partial charge in [-0.25, -0.2) is 19.3 Å². The molecule has 3 aromatic heterocycles. The summed E-state index contributed by atoms with van der Waals surface area (Å²) >= 11 is 0. The Kier molecular flexibility index (Phi) is 5.21. The summed E-state index contributed by atoms with van der Waals surface area (Å²) in [4.78, 5) is 30.6. The second kappa shape index (κ2) is 8.35. The third-order valence-electron chi connectivity index (χ3n) is 5.25. The second-order valence-corrected chi connectivity index (χ2v) is 7.58. The molecule has 34 heavy (non-hydrogen) atoms. The van der Waals surface area contributed by atoms with Crippen LogP contribution < -0.4 is 16.6 Å². The van der Waals surface area contributed by atoms with Crippen molar-refractivity contribution in [2.75, 3.05) is 11.1 Å². The van der Waals surface area contributed by atoms with Crippen molar-refractivity contribution in [2.45, 2.75) is 19.9 Å². The normalized spacial score (nSPS) is 12.1. The highest BCUT2D eigenvalue weighted by atomic mass is 19.1. The van der Waals surface area contributed by atoms with Gasteiger partial charge in [-0.05, 0) is 38.1 Å². The minimum atomic E-state index is -0.635. The summed E-state index contributed by atoms with van der Waals surface area (Å²) in [5.74, 6) is 0.746. The smallest absolute Gasteiger partial charge is 0.269 e. The topological polar surface area (TPSA) is 138 Å². The summed E-state index contributed by atoms with van der Waals surface area (Å²) in [6.45, 7) is 3.48. The number of aromatic nitrogens is 6. The molecule has 0 radical (unpaired) electrons. The highest BCUT2D eigenvalue weighted by Crippen LogP contribution is 2.31. The molecule has 170 valence electrons. The van der Waals surface area contributed by atoms with E-state index in [4.69, 9.17) is 10.3 Å². The van der Waals surface area contributed by atoms with Crippen molar-refractivity contribution in [1.82, 2.24) is 29.7 Å². The molecule has 3 N–H and O–H groups in total. The van der Waals surface area contributed by atoms with E-state index < -0.39 is 17.4 Å². The number of aryl methyl sites for hydroxylation is 1. The van der Waals surface area contributed by atoms with Crippen LogP contribution in [0.3, 0.4) is 0 Å². The Labute approximate surface area is 192 Å². The van der Waals surface area contributed by atoms with E-state index in [9.17, 15) is 9.18 Å². The quantitative estimate of drug-likeness (QED) is 0.406. The average Bonchev–Trinajstić information content (AvgIpc) is 3.25. The first-order chi connectivity index (χ1) is 16.4. The monoisotopic (exact) mass is 458 g/mol. The third-order valence-corrected chi connectivity index (χ3v) is 5.25. The van der Waals surface area contributed by atoms with Crippen LogP contribution in [0.15, 0.2) is 64.2 Å². The number of halogens is 1. The molecular formula is C23H19FN8O2. The van der Waals surface area contributed by atoms with Crippen LogP contribution in [0, 0.1) is 12.7 Å². The predicted octanol–water partition coefficient (Wildman–Crippen LogP) is 3.43. The fourth-order valence-electron chi connectivity index (χ4n) is 3.71. The number of rotatable bonds is 5. The Balaban J connectivity index is 1.68. The van der Waals surface area contributed by atoms with Gasteiger partial charge in [0.2, 0.25) is 0 Å². The fourth-order valence-corrected chi connectivity index (χ4v) is 3.71. The molecule has 0 aliphatic rings. The van der Waals surface area contributed by atoms with E-state index in [1.807, 2.05) is 6.07 Å². The SMILES string of the molecule is Cc1noc(-c2c(N)ncnc2N[C@@H](C)c2nc3cccc(F)c3c(=O)n2-c2ccccc2)n1. The van der Waals surface area contributed by atoms with Gasteiger partial charge >= 0.3 is 0 Å². The van der Waals surface area contributed by atoms with E-state index in [2.05, 4.69) is 30.4 Å². The Morgan fingerprint density at radius 2 is 1.88 bits per heavy atom. The zero-order valence-corrected chi connectivity index (χ0v) is 18.2. The first-order valence-corrected chi connectivity index (χ1v) is 10.4. The molecule has 5 rings (SSSR count). The van der Waals surface area contributed by atoms with E-state index in [0.717, 1.165) is 0 Å². The van der Waals surface area contributed by atoms with Crippen molar-refractivity contribution < 1.29 is 8.91 Å². The van der Waals surface area contributed by atoms with Gasteiger partial charge in [-0.1, -0.05) is 29.4 Å². The molecule has 11 heteroatoms. The third kappa shape index (κ3) is 3.62. The lowest BCUT2D eigenvalue weighted by atomic mass is 10.2. The van der Waals surface area contributed by atoms with E-state index in [1.165, 1.54) is 23.0 Å². The lowest BCUT2D eigenvalue weighted by Gasteiger charge is -2.21. The number of anilines is 2. The van der Waals surface area contributed by atoms with E-state index in [0.29, 0.717) is 28.7 Å². The van der Waals surface area contributed by atoms with Crippen molar-refractivity contribution in [3.05, 3.63) is 82.7 Å². The maximum atomic E-state index is 14.6. The van der Waals surface area contributed by atoms with Crippen molar-refractivity contribution in [3.63, 3.8) is 0 Å². The minimum Gasteiger partial charge on any atom is -0.383 e. The van der Waals surface area contributed by atoms with Crippen LogP contribution in [0.4, 0.5) is 16.0 Å². The van der Waals surface area contributed by atoms with Crippen LogP contribution in [0.2, 0.25) is 0 Å². The molecule has 0 spiro atoms. The number of para-hydroxylation sites is 1. The largest absolute Gasteiger partial charge is 0.383 e. The zero-order valence-electron chi connectivity index (χ0n) is 18.2. The number of hydrogen-bond acceptors (Lipinski definition) is 9. The molecule has 10 nitrogen and oxygen atoms in total. The van der Waals surface area contributed by atoms with Gasteiger partial charge in [-0.3, -0.25) is 9.36 Å². The maximum Gasteiger partial charge on any atom is 0.269 e. The first-order valence-electron chi connectivity index (χ1n) is 10.4. The lowest BCUT2D eigenvalue weighted by molar-refractivity contribution is 0.425. The van der Waals surface area contributed by atoms with Gasteiger partial charge in [0.1, 0.15) is 40.6 Å². The number of nitrogens with one attached hydrogen (secondary N) is 1. The molecule has 3 heterocycles. The Hall–Kier alpha value is -4.67. The number of nitrogen functional groups attached to an aromatic ring is 1. The summed E-state index contributed by atoms with van der Waals surface area (Å²) < 4.78 is 21.2. The van der Waals surface area contributed by atoms with Gasteiger partial charge in [-0.15, -0.1) is 0 Å². The van der Waals surface area contributed by atoms with Crippen LogP contribution in [0.25, 0.3) is 28.0 Å². The van der Waals surface area contributed by atoms with Gasteiger partial charge in [-0.2, -0.15) is 4.98 Å². The molecule has 5 aromatic rings. The van der Waals surface area contributed by atoms with Crippen LogP contribution in [-0.2, 0) is 0 Å². The summed E-state index contributed by atoms with van der Waals surface area (Å²) in [5, 5.41) is 6.93. The maximum absolute atomic E-state index is 14.6. The van der Waals surface area contributed by atoms with Gasteiger partial charge in [0.15, 0.2) is 5.82 Å². The van der Waals surface area contributed by atoms with Gasteiger partial charge < -0.3 is 15.6 Å². The van der Waals surface area contributed by atoms with Crippen molar-refractivity contribution in [1.29, 1.82) is 0 Å². The van der Waals surface area contributed by atoms with E-state index >= 15 is 0 Å². The number of nitrogens with two attached hydrogens (primary N) is 1. The van der Waals surface area contributed by atoms with Gasteiger partial charge in [0.25, 0.3) is 11.4 Å². The number of hydrogen-bond donors (Lipinski definition) is 2. The second-order valence-electron chi connectivity index (χ2n) is 7.58. The molecule has 0 unspecified atom stereocenters. The molecule has 0 fully saturated rings. The van der Waals surface area contributed by atoms with E-state index in [-0.39, 0.29) is 22.6 Å². The first kappa shape index (κ1) is 21.2. The Bertz CT molecular complexity index is 1570. The molecule has 0 aliphatic heterocycles. The lowest BCUT2D eigenvalue weighted by Crippen LogP contribution is -2.28. The fraction of sp³-hybridized carbons (Fsp3) is 0.130. The molecular weight excluding hydrogens is 439 g/mol. The predicted molar refractivity (Wildman–Crippen MR) is 124 cm³/mol. The summed E-state index contributed by atoms with van der Waals surface area (Å²) in [6.07, 6.45) is 1.30. The van der Waals surface area contributed by atoms with Crippen LogP contribution in [-0.4, -0.2) is 29.7 Å². The zero-order chi connectivity index (χ0) is 23.8. The molecule has 0 bridgehead atoms. The van der Waals surface area contributed by atoms with E-state index in [1.54, 1.807) is 44.2 Å². The number of benzene rings is 2. The highest BCUT2D eigenvalue weighted by Gasteiger charge is 2.23. The molecule has 2 aromatic carbocycles. The molecule has 1 atom stereocenters. The van der Waals surface area contributed by atoms with Crippen LogP contribution in [0.5, 0.6) is 0 Å². The molecule has 0 saturated carbocycles. The van der Waals surface area contributed by atoms with Crippen molar-refractivity contribution >= 4 is 22.5 Å². The van der Waals surface area contributed by atoms with Crippen molar-refractivity contribution in [3.8, 4) is 17.1 Å². The van der Waals surface area contributed by atoms with Crippen LogP contribution >= 0.6 is 0 Å². The summed E-state index contributed by atoms with van der Waals surface area (Å²) in [5.41, 5.74) is 6.68. The molecule has 0 aliphatic carbocycles. The minimum absolute atomic E-state index is 0.0874. The van der Waals surface area contributed by atoms with Gasteiger partial charge in [0.05, 0.1) is 17.2 Å². The number of fused-ring (bicyclic) bond motifs is 1. The standard InChI is InChI=1S/C23H19FN8O2/c1-12(28-20-18(19(25)26-11-27-20)22-29-13(2)31-34-22)21-30-16-10-6-9-15(24)17(16)23(33)32(21)14-7-4-3-5-8-14/h3-12H,1-2H3,(H3,25,26,27,28)/t12-/m0/s1. The molecule has 0 saturated heterocycles. The summed E-state index contributed by atoms with van der Waals surface area (Å²) in [7, 11) is 0. The van der Waals surface area contributed by atoms with Gasteiger partial charge in [0, 0.05) is 0 Å².